The van der Waals surface area contributed by atoms with Gasteiger partial charge in [0, 0.05) is 18.0 Å². The molecule has 0 fully saturated rings. The van der Waals surface area contributed by atoms with Crippen LogP contribution < -0.4 is 0 Å². The maximum absolute atomic E-state index is 4.54. The second kappa shape index (κ2) is 6.85. The predicted octanol–water partition coefficient (Wildman–Crippen LogP) is 5.16. The summed E-state index contributed by atoms with van der Waals surface area (Å²) >= 11 is 0. The molecule has 0 atom stereocenters. The number of rotatable bonds is 2. The van der Waals surface area contributed by atoms with Gasteiger partial charge in [0.15, 0.2) is 0 Å². The minimum absolute atomic E-state index is 0.897. The lowest BCUT2D eigenvalue weighted by Gasteiger charge is -2.07. The van der Waals surface area contributed by atoms with Crippen molar-refractivity contribution in [1.82, 2.24) is 4.98 Å². The molecule has 0 saturated heterocycles. The van der Waals surface area contributed by atoms with Crippen LogP contribution in [0.3, 0.4) is 0 Å². The molecule has 2 aromatic carbocycles. The first-order valence-corrected chi connectivity index (χ1v) is 7.22. The van der Waals surface area contributed by atoms with Crippen LogP contribution in [0, 0.1) is 6.92 Å². The molecule has 0 aliphatic heterocycles. The second-order valence-corrected chi connectivity index (χ2v) is 4.58. The molecule has 20 heavy (non-hydrogen) atoms. The fourth-order valence-corrected chi connectivity index (χ4v) is 2.31. The highest BCUT2D eigenvalue weighted by molar-refractivity contribution is 5.84. The third-order valence-corrected chi connectivity index (χ3v) is 3.38. The number of aromatic nitrogens is 1. The van der Waals surface area contributed by atoms with Gasteiger partial charge in [-0.15, -0.1) is 0 Å². The molecular weight excluding hydrogens is 242 g/mol. The zero-order valence-corrected chi connectivity index (χ0v) is 12.4. The van der Waals surface area contributed by atoms with Gasteiger partial charge in [0.1, 0.15) is 0 Å². The highest BCUT2D eigenvalue weighted by atomic mass is 14.7. The fourth-order valence-electron chi connectivity index (χ4n) is 2.31. The van der Waals surface area contributed by atoms with Crippen LogP contribution >= 0.6 is 0 Å². The molecule has 1 heterocycles. The number of fused-ring (bicyclic) bond motifs is 1. The highest BCUT2D eigenvalue weighted by Gasteiger charge is 2.04. The molecule has 1 aromatic heterocycles. The molecular formula is C19H21N. The minimum atomic E-state index is 0.897. The predicted molar refractivity (Wildman–Crippen MR) is 87.1 cm³/mol. The fraction of sp³-hybridized carbons (Fsp3) is 0.211. The molecule has 0 bridgehead atoms. The SMILES string of the molecule is CC.Cc1ccccc1Cc1nccc2ccccc12. The van der Waals surface area contributed by atoms with Crippen LogP contribution in [0.25, 0.3) is 10.8 Å². The first-order chi connectivity index (χ1) is 9.84. The van der Waals surface area contributed by atoms with Crippen LogP contribution in [0.15, 0.2) is 60.8 Å². The van der Waals surface area contributed by atoms with E-state index in [9.17, 15) is 0 Å². The molecule has 0 radical (unpaired) electrons. The van der Waals surface area contributed by atoms with Gasteiger partial charge in [0.25, 0.3) is 0 Å². The Morgan fingerprint density at radius 3 is 2.35 bits per heavy atom. The monoisotopic (exact) mass is 263 g/mol. The van der Waals surface area contributed by atoms with E-state index in [-0.39, 0.29) is 0 Å². The van der Waals surface area contributed by atoms with Crippen molar-refractivity contribution in [3.63, 3.8) is 0 Å². The third-order valence-electron chi connectivity index (χ3n) is 3.38. The number of benzene rings is 2. The van der Waals surface area contributed by atoms with E-state index in [0.29, 0.717) is 0 Å². The summed E-state index contributed by atoms with van der Waals surface area (Å²) in [5, 5.41) is 2.51. The van der Waals surface area contributed by atoms with Gasteiger partial charge in [0.05, 0.1) is 5.69 Å². The smallest absolute Gasteiger partial charge is 0.0525 e. The van der Waals surface area contributed by atoms with Gasteiger partial charge in [-0.05, 0) is 29.5 Å². The van der Waals surface area contributed by atoms with Gasteiger partial charge >= 0.3 is 0 Å². The zero-order valence-electron chi connectivity index (χ0n) is 12.4. The molecule has 0 aliphatic carbocycles. The van der Waals surface area contributed by atoms with E-state index in [4.69, 9.17) is 0 Å². The van der Waals surface area contributed by atoms with Crippen LogP contribution in [-0.2, 0) is 6.42 Å². The first kappa shape index (κ1) is 14.3. The first-order valence-electron chi connectivity index (χ1n) is 7.22. The van der Waals surface area contributed by atoms with Gasteiger partial charge < -0.3 is 0 Å². The van der Waals surface area contributed by atoms with E-state index in [2.05, 4.69) is 66.5 Å². The molecule has 3 rings (SSSR count). The Hall–Kier alpha value is -2.15. The van der Waals surface area contributed by atoms with E-state index in [1.807, 2.05) is 20.0 Å². The van der Waals surface area contributed by atoms with Gasteiger partial charge in [-0.3, -0.25) is 4.98 Å². The Morgan fingerprint density at radius 2 is 1.55 bits per heavy atom. The number of hydrogen-bond acceptors (Lipinski definition) is 1. The van der Waals surface area contributed by atoms with Crippen molar-refractivity contribution >= 4 is 10.8 Å². The molecule has 0 N–H and O–H groups in total. The van der Waals surface area contributed by atoms with Crippen LogP contribution in [0.2, 0.25) is 0 Å². The number of hydrogen-bond donors (Lipinski definition) is 0. The number of nitrogens with zero attached hydrogens (tertiary/aromatic N) is 1. The molecule has 3 aromatic rings. The number of aryl methyl sites for hydroxylation is 1. The molecule has 0 saturated carbocycles. The maximum Gasteiger partial charge on any atom is 0.0525 e. The average Bonchev–Trinajstić information content (AvgIpc) is 2.52. The van der Waals surface area contributed by atoms with Crippen molar-refractivity contribution in [2.75, 3.05) is 0 Å². The van der Waals surface area contributed by atoms with Crippen molar-refractivity contribution in [2.24, 2.45) is 0 Å². The molecule has 1 nitrogen and oxygen atoms in total. The van der Waals surface area contributed by atoms with Crippen molar-refractivity contribution in [2.45, 2.75) is 27.2 Å². The van der Waals surface area contributed by atoms with Crippen molar-refractivity contribution in [3.05, 3.63) is 77.6 Å². The summed E-state index contributed by atoms with van der Waals surface area (Å²) in [4.78, 5) is 4.54. The lowest BCUT2D eigenvalue weighted by Crippen LogP contribution is -1.95. The molecule has 1 heteroatoms. The second-order valence-electron chi connectivity index (χ2n) is 4.58. The molecule has 0 spiro atoms. The Balaban J connectivity index is 0.000000704. The lowest BCUT2D eigenvalue weighted by molar-refractivity contribution is 1.08. The summed E-state index contributed by atoms with van der Waals surface area (Å²) in [6, 6.07) is 19.0. The summed E-state index contributed by atoms with van der Waals surface area (Å²) < 4.78 is 0. The zero-order chi connectivity index (χ0) is 14.4. The van der Waals surface area contributed by atoms with Gasteiger partial charge in [-0.1, -0.05) is 62.4 Å². The van der Waals surface area contributed by atoms with Crippen LogP contribution in [0.5, 0.6) is 0 Å². The van der Waals surface area contributed by atoms with Gasteiger partial charge in [-0.2, -0.15) is 0 Å². The quantitative estimate of drug-likeness (QED) is 0.622. The highest BCUT2D eigenvalue weighted by Crippen LogP contribution is 2.20. The summed E-state index contributed by atoms with van der Waals surface area (Å²) in [5.74, 6) is 0. The Kier molecular flexibility index (Phi) is 4.89. The molecule has 0 aliphatic rings. The van der Waals surface area contributed by atoms with E-state index >= 15 is 0 Å². The van der Waals surface area contributed by atoms with Crippen LogP contribution in [-0.4, -0.2) is 4.98 Å². The van der Waals surface area contributed by atoms with Gasteiger partial charge in [-0.25, -0.2) is 0 Å². The van der Waals surface area contributed by atoms with Crippen LogP contribution in [0.1, 0.15) is 30.7 Å². The van der Waals surface area contributed by atoms with E-state index in [1.165, 1.54) is 21.9 Å². The van der Waals surface area contributed by atoms with E-state index in [1.54, 1.807) is 0 Å². The molecule has 0 amide bonds. The van der Waals surface area contributed by atoms with Crippen LogP contribution in [0.4, 0.5) is 0 Å². The van der Waals surface area contributed by atoms with E-state index < -0.39 is 0 Å². The molecule has 102 valence electrons. The maximum atomic E-state index is 4.54. The topological polar surface area (TPSA) is 12.9 Å². The Labute approximate surface area is 121 Å². The number of pyridine rings is 1. The lowest BCUT2D eigenvalue weighted by atomic mass is 10.0. The summed E-state index contributed by atoms with van der Waals surface area (Å²) in [7, 11) is 0. The molecule has 0 unspecified atom stereocenters. The Bertz CT molecular complexity index is 681. The standard InChI is InChI=1S/C17H15N.C2H6/c1-13-6-2-3-8-15(13)12-17-16-9-5-4-7-14(16)10-11-18-17;1-2/h2-11H,12H2,1H3;1-2H3. The van der Waals surface area contributed by atoms with E-state index in [0.717, 1.165) is 12.1 Å². The largest absolute Gasteiger partial charge is 0.260 e. The van der Waals surface area contributed by atoms with Crippen molar-refractivity contribution in [1.29, 1.82) is 0 Å². The Morgan fingerprint density at radius 1 is 0.850 bits per heavy atom. The minimum Gasteiger partial charge on any atom is -0.260 e. The van der Waals surface area contributed by atoms with Gasteiger partial charge in [0.2, 0.25) is 0 Å². The normalized spacial score (nSPS) is 9.95. The van der Waals surface area contributed by atoms with Crippen molar-refractivity contribution in [3.8, 4) is 0 Å². The summed E-state index contributed by atoms with van der Waals surface area (Å²) in [5.41, 5.74) is 3.83. The summed E-state index contributed by atoms with van der Waals surface area (Å²) in [6.45, 7) is 6.15. The average molecular weight is 263 g/mol. The third kappa shape index (κ3) is 3.05. The van der Waals surface area contributed by atoms with Crippen molar-refractivity contribution < 1.29 is 0 Å². The summed E-state index contributed by atoms with van der Waals surface area (Å²) in [6.07, 6.45) is 2.80.